The molecule has 4 heterocycles. The fourth-order valence-electron chi connectivity index (χ4n) is 5.91. The molecule has 0 aliphatic carbocycles. The van der Waals surface area contributed by atoms with Crippen LogP contribution in [0.5, 0.6) is 11.5 Å². The zero-order chi connectivity index (χ0) is 42.1. The molecule has 306 valence electrons. The number of nitrogens with one attached hydrogen (secondary N) is 1. The molecule has 13 nitrogen and oxygen atoms in total. The number of hydrogen-bond donors (Lipinski definition) is 1. The van der Waals surface area contributed by atoms with Crippen LogP contribution in [-0.2, 0) is 19.2 Å². The van der Waals surface area contributed by atoms with Crippen molar-refractivity contribution in [2.45, 2.75) is 13.8 Å². The van der Waals surface area contributed by atoms with Crippen LogP contribution in [0.3, 0.4) is 0 Å². The summed E-state index contributed by atoms with van der Waals surface area (Å²) in [4.78, 5) is 39.4. The molecule has 0 unspecified atom stereocenters. The van der Waals surface area contributed by atoms with Gasteiger partial charge in [0.05, 0.1) is 22.8 Å². The van der Waals surface area contributed by atoms with Gasteiger partial charge >= 0.3 is 115 Å². The molecule has 0 fully saturated rings. The molecule has 0 spiro atoms. The number of fused-ring (bicyclic) bond motifs is 6. The first kappa shape index (κ1) is 51.8. The zero-order valence-electron chi connectivity index (χ0n) is 35.7. The maximum atomic E-state index is 12.5. The summed E-state index contributed by atoms with van der Waals surface area (Å²) >= 11 is 2.15. The molecule has 16 heteroatoms. The van der Waals surface area contributed by atoms with E-state index in [9.17, 15) is 9.59 Å². The Kier molecular flexibility index (Phi) is 22.8. The van der Waals surface area contributed by atoms with Gasteiger partial charge in [-0.3, -0.25) is 4.79 Å². The number of nitrogens with zero attached hydrogens (tertiary/aromatic N) is 3. The molecule has 2 amide bonds. The predicted octanol–water partition coefficient (Wildman–Crippen LogP) is 2.83. The molecule has 4 aromatic carbocycles. The second-order valence-corrected chi connectivity index (χ2v) is 12.2. The second kappa shape index (κ2) is 26.9. The Morgan fingerprint density at radius 3 is 1.51 bits per heavy atom. The number of benzene rings is 4. The average molecular weight is 987 g/mol. The van der Waals surface area contributed by atoms with Crippen LogP contribution in [0.1, 0.15) is 37.8 Å². The van der Waals surface area contributed by atoms with Crippen molar-refractivity contribution in [2.75, 3.05) is 25.1 Å². The van der Waals surface area contributed by atoms with Gasteiger partial charge in [-0.05, 0) is 67.3 Å². The van der Waals surface area contributed by atoms with Gasteiger partial charge in [0, 0.05) is 43.7 Å². The van der Waals surface area contributed by atoms with Crippen molar-refractivity contribution in [1.29, 1.82) is 0 Å². The van der Waals surface area contributed by atoms with E-state index >= 15 is 0 Å². The van der Waals surface area contributed by atoms with E-state index in [1.165, 1.54) is 4.90 Å². The van der Waals surface area contributed by atoms with Gasteiger partial charge in [0.2, 0.25) is 0 Å². The molecular weight excluding hydrogens is 944 g/mol. The number of alkyl halides is 1. The fourth-order valence-corrected chi connectivity index (χ4v) is 5.91. The Hall–Kier alpha value is -3.51. The minimum Gasteiger partial charge on any atom is -1.00 e. The molecule has 2 aliphatic heterocycles. The molecule has 0 atom stereocenters. The normalized spacial score (nSPS) is 11.3. The maximum Gasteiger partial charge on any atom is 1.00 e. The van der Waals surface area contributed by atoms with Crippen LogP contribution in [0.4, 0.5) is 9.59 Å². The second-order valence-electron chi connectivity index (χ2n) is 12.2. The molecule has 2 aliphatic rings. The molecule has 61 heavy (non-hydrogen) atoms. The first-order valence-corrected chi connectivity index (χ1v) is 20.5. The van der Waals surface area contributed by atoms with Crippen molar-refractivity contribution >= 4 is 64.3 Å². The number of para-hydroxylation sites is 4. The van der Waals surface area contributed by atoms with Crippen molar-refractivity contribution in [3.05, 3.63) is 168 Å². The van der Waals surface area contributed by atoms with Crippen LogP contribution >= 0.6 is 22.6 Å². The monoisotopic (exact) mass is 986 g/mol. The van der Waals surface area contributed by atoms with E-state index in [4.69, 9.17) is 29.0 Å². The topological polar surface area (TPSA) is 146 Å². The van der Waals surface area contributed by atoms with E-state index in [2.05, 4.69) is 32.8 Å². The van der Waals surface area contributed by atoms with E-state index < -0.39 is 12.2 Å². The number of ether oxygens (including phenoxy) is 4. The zero-order valence-corrected chi connectivity index (χ0v) is 43.1. The first-order chi connectivity index (χ1) is 28.9. The van der Waals surface area contributed by atoms with Crippen LogP contribution in [0.15, 0.2) is 146 Å². The van der Waals surface area contributed by atoms with Crippen LogP contribution in [0.25, 0.3) is 34.4 Å². The minimum absolute atomic E-state index is 0. The Labute approximate surface area is 455 Å². The van der Waals surface area contributed by atoms with E-state index in [-0.39, 0.29) is 111 Å². The van der Waals surface area contributed by atoms with Gasteiger partial charge in [0.25, 0.3) is 6.47 Å². The van der Waals surface area contributed by atoms with Crippen molar-refractivity contribution in [1.82, 2.24) is 19.4 Å². The van der Waals surface area contributed by atoms with Gasteiger partial charge in [-0.15, -0.1) is 0 Å². The number of amides is 2. The molecule has 1 N–H and O–H groups in total. The summed E-state index contributed by atoms with van der Waals surface area (Å²) in [5.41, 5.74) is 4.95. The van der Waals surface area contributed by atoms with Gasteiger partial charge in [-0.2, -0.15) is 0 Å². The summed E-state index contributed by atoms with van der Waals surface area (Å²) in [6.07, 6.45) is 2.91. The standard InChI is InChI=1S/C22H20N2O3.C21H18N2O3.CH3I.CH2O3.2K.H/c1-3-23(2)22(25)27-21-18-13-9-15-24(18)17-12-7-8-14-19(17)26-20(21)16-10-5-4-6-11-16;1-2-22-21(24)26-20-17-12-8-14-23(17)16-11-6-7-13-18(16)25-19(20)15-9-4-3-5-10-15;1-2;2-1-4-3;;;/h4-15H,3H2,1-2H3;3-14H,2H2,1H3,(H,22,24);1H3;1,3H;;;/q;;;;2*+1;-1/p-1/i2-1;;1-1;;;;. The van der Waals surface area contributed by atoms with Crippen LogP contribution in [0.2, 0.25) is 0 Å². The van der Waals surface area contributed by atoms with Crippen LogP contribution < -0.4 is 123 Å². The predicted molar refractivity (Wildman–Crippen MR) is 232 cm³/mol. The van der Waals surface area contributed by atoms with Crippen LogP contribution in [-0.4, -0.2) is 57.8 Å². The number of alkyl carbamates (subject to hydrolysis) is 1. The molecule has 0 bridgehead atoms. The number of hydrogen-bond acceptors (Lipinski definition) is 9. The number of carbonyl (C=O) groups excluding carboxylic acids is 3. The molecule has 6 aromatic rings. The Balaban J connectivity index is 0.000000364. The van der Waals surface area contributed by atoms with Gasteiger partial charge in [-0.1, -0.05) is 108 Å². The van der Waals surface area contributed by atoms with Crippen molar-refractivity contribution in [2.24, 2.45) is 0 Å². The molecule has 0 saturated heterocycles. The summed E-state index contributed by atoms with van der Waals surface area (Å²) < 4.78 is 27.9. The average Bonchev–Trinajstić information content (AvgIpc) is 3.94. The number of aromatic nitrogens is 2. The Morgan fingerprint density at radius 1 is 0.689 bits per heavy atom. The number of carbonyl (C=O) groups is 3. The SMILES string of the molecule is CCN([11CH3])C(=O)OC1=C(c2ccccc2)Oc2ccccc2-n2cccc21.CCNC(=O)OC1=C(c2ccccc2)Oc2ccccc2-n2cccc21.O=CO[O-].[11CH3]I.[H-].[K+].[K+]. The molecule has 8 rings (SSSR count). The quantitative estimate of drug-likeness (QED) is 0.0638. The third-order valence-electron chi connectivity index (χ3n) is 8.65. The van der Waals surface area contributed by atoms with E-state index in [1.807, 2.05) is 174 Å². The van der Waals surface area contributed by atoms with Crippen molar-refractivity contribution in [3.63, 3.8) is 0 Å². The smallest absolute Gasteiger partial charge is 1.00 e. The molecule has 0 radical (unpaired) electrons. The summed E-state index contributed by atoms with van der Waals surface area (Å²) in [6.45, 7) is 4.59. The minimum atomic E-state index is -0.516. The summed E-state index contributed by atoms with van der Waals surface area (Å²) in [7, 11) is 1.70. The van der Waals surface area contributed by atoms with E-state index in [0.29, 0.717) is 47.6 Å². The van der Waals surface area contributed by atoms with Crippen molar-refractivity contribution in [3.8, 4) is 22.9 Å². The van der Waals surface area contributed by atoms with Gasteiger partial charge in [0.1, 0.15) is 0 Å². The summed E-state index contributed by atoms with van der Waals surface area (Å²) in [5, 5.41) is 11.1. The van der Waals surface area contributed by atoms with Crippen molar-refractivity contribution < 1.29 is 148 Å². The molecule has 2 aromatic heterocycles. The summed E-state index contributed by atoms with van der Waals surface area (Å²) in [6, 6.07) is 42.5. The van der Waals surface area contributed by atoms with Gasteiger partial charge < -0.3 is 49.9 Å². The maximum absolute atomic E-state index is 12.5. The third kappa shape index (κ3) is 13.3. The van der Waals surface area contributed by atoms with E-state index in [0.717, 1.165) is 33.9 Å². The van der Waals surface area contributed by atoms with E-state index in [1.54, 1.807) is 7.05 Å². The fraction of sp³-hybridized carbons (Fsp3) is 0.133. The largest absolute Gasteiger partial charge is 1.00 e. The number of rotatable bonds is 7. The third-order valence-corrected chi connectivity index (χ3v) is 8.65. The first-order valence-electron chi connectivity index (χ1n) is 18.4. The van der Waals surface area contributed by atoms with Gasteiger partial charge in [-0.25, -0.2) is 9.59 Å². The summed E-state index contributed by atoms with van der Waals surface area (Å²) in [5.74, 6) is 3.18. The number of halogens is 1. The Morgan fingerprint density at radius 2 is 1.10 bits per heavy atom. The molecular formula is C45H43IK2N4O9. The van der Waals surface area contributed by atoms with Crippen LogP contribution in [0, 0.1) is 0 Å². The Bertz CT molecular complexity index is 2410. The van der Waals surface area contributed by atoms with Gasteiger partial charge in [0.15, 0.2) is 34.5 Å². The molecule has 0 saturated carbocycles.